The molecule has 0 heterocycles. The van der Waals surface area contributed by atoms with Crippen molar-refractivity contribution in [2.24, 2.45) is 5.41 Å². The number of ether oxygens (including phenoxy) is 2. The smallest absolute Gasteiger partial charge is 0.407 e. The minimum absolute atomic E-state index is 0.0256. The van der Waals surface area contributed by atoms with Crippen LogP contribution in [0.1, 0.15) is 41.0 Å². The van der Waals surface area contributed by atoms with E-state index in [9.17, 15) is 9.59 Å². The maximum Gasteiger partial charge on any atom is 0.407 e. The van der Waals surface area contributed by atoms with Gasteiger partial charge < -0.3 is 14.8 Å². The van der Waals surface area contributed by atoms with Crippen LogP contribution >= 0.6 is 0 Å². The van der Waals surface area contributed by atoms with E-state index in [4.69, 9.17) is 9.47 Å². The van der Waals surface area contributed by atoms with Crippen LogP contribution in [0.2, 0.25) is 0 Å². The standard InChI is InChI=1S/C12H21NO4/c1-11(2,3)17-10(15)13-8-6-9(16-7-14)12(8,4)5/h7-9H,6H2,1-5H3,(H,13,15)/t8-,9+/m1/s1. The third-order valence-electron chi connectivity index (χ3n) is 3.09. The summed E-state index contributed by atoms with van der Waals surface area (Å²) in [4.78, 5) is 21.8. The van der Waals surface area contributed by atoms with Crippen LogP contribution in [0.5, 0.6) is 0 Å². The second-order valence-electron chi connectivity index (χ2n) is 5.98. The number of carbonyl (C=O) groups is 2. The first-order chi connectivity index (χ1) is 7.66. The molecular formula is C12H21NO4. The van der Waals surface area contributed by atoms with Crippen LogP contribution in [0.4, 0.5) is 4.79 Å². The lowest BCUT2D eigenvalue weighted by molar-refractivity contribution is -0.154. The Morgan fingerprint density at radius 3 is 2.41 bits per heavy atom. The second kappa shape index (κ2) is 4.55. The third-order valence-corrected chi connectivity index (χ3v) is 3.09. The average Bonchev–Trinajstić information content (AvgIpc) is 2.13. The third kappa shape index (κ3) is 3.35. The van der Waals surface area contributed by atoms with Gasteiger partial charge in [-0.25, -0.2) is 4.79 Å². The van der Waals surface area contributed by atoms with E-state index in [2.05, 4.69) is 5.32 Å². The number of amides is 1. The Bertz CT molecular complexity index is 306. The first-order valence-electron chi connectivity index (χ1n) is 5.75. The predicted octanol–water partition coefficient (Wildman–Crippen LogP) is 1.85. The number of hydrogen-bond acceptors (Lipinski definition) is 4. The summed E-state index contributed by atoms with van der Waals surface area (Å²) in [5.41, 5.74) is -0.755. The maximum absolute atomic E-state index is 11.6. The van der Waals surface area contributed by atoms with E-state index in [0.717, 1.165) is 0 Å². The molecule has 1 amide bonds. The quantitative estimate of drug-likeness (QED) is 0.768. The van der Waals surface area contributed by atoms with Gasteiger partial charge in [-0.1, -0.05) is 13.8 Å². The maximum atomic E-state index is 11.6. The zero-order valence-electron chi connectivity index (χ0n) is 11.1. The zero-order chi connectivity index (χ0) is 13.3. The van der Waals surface area contributed by atoms with Gasteiger partial charge in [0.25, 0.3) is 6.47 Å². The highest BCUT2D eigenvalue weighted by Gasteiger charge is 2.51. The Hall–Kier alpha value is -1.26. The van der Waals surface area contributed by atoms with Crippen molar-refractivity contribution in [2.45, 2.75) is 58.8 Å². The molecule has 1 fully saturated rings. The van der Waals surface area contributed by atoms with E-state index in [-0.39, 0.29) is 17.6 Å². The molecule has 0 radical (unpaired) electrons. The Kier molecular flexibility index (Phi) is 3.69. The molecule has 1 aliphatic carbocycles. The molecule has 1 aliphatic rings. The highest BCUT2D eigenvalue weighted by Crippen LogP contribution is 2.42. The molecule has 0 spiro atoms. The van der Waals surface area contributed by atoms with Gasteiger partial charge in [0.1, 0.15) is 11.7 Å². The van der Waals surface area contributed by atoms with E-state index < -0.39 is 11.7 Å². The molecule has 5 heteroatoms. The first-order valence-corrected chi connectivity index (χ1v) is 5.75. The molecular weight excluding hydrogens is 222 g/mol. The Morgan fingerprint density at radius 2 is 2.00 bits per heavy atom. The molecule has 17 heavy (non-hydrogen) atoms. The lowest BCUT2D eigenvalue weighted by Crippen LogP contribution is -2.62. The molecule has 0 aromatic carbocycles. The van der Waals surface area contributed by atoms with Crippen LogP contribution in [0.25, 0.3) is 0 Å². The van der Waals surface area contributed by atoms with Gasteiger partial charge in [0.05, 0.1) is 0 Å². The summed E-state index contributed by atoms with van der Waals surface area (Å²) in [6, 6.07) is -0.0256. The molecule has 0 unspecified atom stereocenters. The highest BCUT2D eigenvalue weighted by atomic mass is 16.6. The van der Waals surface area contributed by atoms with Crippen LogP contribution in [-0.2, 0) is 14.3 Å². The summed E-state index contributed by atoms with van der Waals surface area (Å²) >= 11 is 0. The molecule has 0 saturated heterocycles. The summed E-state index contributed by atoms with van der Waals surface area (Å²) in [7, 11) is 0. The number of nitrogens with one attached hydrogen (secondary N) is 1. The van der Waals surface area contributed by atoms with Gasteiger partial charge in [0.15, 0.2) is 0 Å². The van der Waals surface area contributed by atoms with Crippen molar-refractivity contribution in [3.05, 3.63) is 0 Å². The van der Waals surface area contributed by atoms with Gasteiger partial charge >= 0.3 is 6.09 Å². The molecule has 5 nitrogen and oxygen atoms in total. The average molecular weight is 243 g/mol. The molecule has 0 aromatic rings. The second-order valence-corrected chi connectivity index (χ2v) is 5.98. The van der Waals surface area contributed by atoms with E-state index in [1.807, 2.05) is 34.6 Å². The molecule has 2 atom stereocenters. The van der Waals surface area contributed by atoms with Crippen LogP contribution in [-0.4, -0.2) is 30.3 Å². The van der Waals surface area contributed by atoms with Crippen molar-refractivity contribution in [3.63, 3.8) is 0 Å². The van der Waals surface area contributed by atoms with Crippen molar-refractivity contribution in [2.75, 3.05) is 0 Å². The lowest BCUT2D eigenvalue weighted by atomic mass is 9.64. The SMILES string of the molecule is CC(C)(C)OC(=O)N[C@@H]1C[C@H](OC=O)C1(C)C. The van der Waals surface area contributed by atoms with Crippen LogP contribution in [0, 0.1) is 5.41 Å². The molecule has 1 saturated carbocycles. The first kappa shape index (κ1) is 13.8. The number of carbonyl (C=O) groups excluding carboxylic acids is 2. The van der Waals surface area contributed by atoms with E-state index in [1.165, 1.54) is 0 Å². The molecule has 1 N–H and O–H groups in total. The van der Waals surface area contributed by atoms with Crippen LogP contribution < -0.4 is 5.32 Å². The Balaban J connectivity index is 2.45. The molecule has 0 aliphatic heterocycles. The summed E-state index contributed by atoms with van der Waals surface area (Å²) in [5, 5.41) is 2.79. The molecule has 0 bridgehead atoms. The van der Waals surface area contributed by atoms with E-state index in [0.29, 0.717) is 12.9 Å². The van der Waals surface area contributed by atoms with Gasteiger partial charge in [0.2, 0.25) is 0 Å². The molecule has 0 aromatic heterocycles. The van der Waals surface area contributed by atoms with Gasteiger partial charge in [0, 0.05) is 17.9 Å². The summed E-state index contributed by atoms with van der Waals surface area (Å²) < 4.78 is 10.1. The van der Waals surface area contributed by atoms with Crippen molar-refractivity contribution >= 4 is 12.6 Å². The fourth-order valence-corrected chi connectivity index (χ4v) is 1.88. The fraction of sp³-hybridized carbons (Fsp3) is 0.833. The number of rotatable bonds is 3. The predicted molar refractivity (Wildman–Crippen MR) is 62.5 cm³/mol. The monoisotopic (exact) mass is 243 g/mol. The minimum Gasteiger partial charge on any atom is -0.464 e. The normalized spacial score (nSPS) is 26.6. The van der Waals surface area contributed by atoms with Crippen molar-refractivity contribution in [1.82, 2.24) is 5.32 Å². The zero-order valence-corrected chi connectivity index (χ0v) is 11.1. The molecule has 1 rings (SSSR count). The lowest BCUT2D eigenvalue weighted by Gasteiger charge is -2.50. The summed E-state index contributed by atoms with van der Waals surface area (Å²) in [5.74, 6) is 0. The largest absolute Gasteiger partial charge is 0.464 e. The van der Waals surface area contributed by atoms with Crippen molar-refractivity contribution in [1.29, 1.82) is 0 Å². The van der Waals surface area contributed by atoms with Gasteiger partial charge in [-0.2, -0.15) is 0 Å². The van der Waals surface area contributed by atoms with Gasteiger partial charge in [-0.3, -0.25) is 4.79 Å². The van der Waals surface area contributed by atoms with E-state index in [1.54, 1.807) is 0 Å². The number of hydrogen-bond donors (Lipinski definition) is 1. The molecule has 98 valence electrons. The van der Waals surface area contributed by atoms with Gasteiger partial charge in [-0.15, -0.1) is 0 Å². The van der Waals surface area contributed by atoms with Gasteiger partial charge in [-0.05, 0) is 20.8 Å². The fourth-order valence-electron chi connectivity index (χ4n) is 1.88. The minimum atomic E-state index is -0.503. The summed E-state index contributed by atoms with van der Waals surface area (Å²) in [6.45, 7) is 9.81. The Labute approximate surface area is 102 Å². The van der Waals surface area contributed by atoms with Crippen LogP contribution in [0.15, 0.2) is 0 Å². The van der Waals surface area contributed by atoms with Crippen LogP contribution in [0.3, 0.4) is 0 Å². The highest BCUT2D eigenvalue weighted by molar-refractivity contribution is 5.68. The Morgan fingerprint density at radius 1 is 1.41 bits per heavy atom. The van der Waals surface area contributed by atoms with Crippen molar-refractivity contribution < 1.29 is 19.1 Å². The topological polar surface area (TPSA) is 64.6 Å². The number of alkyl carbamates (subject to hydrolysis) is 1. The summed E-state index contributed by atoms with van der Waals surface area (Å²) in [6.07, 6.45) is 0.0606. The van der Waals surface area contributed by atoms with E-state index >= 15 is 0 Å². The van der Waals surface area contributed by atoms with Crippen molar-refractivity contribution in [3.8, 4) is 0 Å².